The van der Waals surface area contributed by atoms with E-state index in [1.165, 1.54) is 5.56 Å². The second kappa shape index (κ2) is 5.75. The number of hydrogen-bond donors (Lipinski definition) is 1. The molecule has 108 valence electrons. The highest BCUT2D eigenvalue weighted by atomic mass is 16.5. The normalized spacial score (nSPS) is 11.8. The Labute approximate surface area is 119 Å². The largest absolute Gasteiger partial charge is 0.475 e. The summed E-state index contributed by atoms with van der Waals surface area (Å²) in [4.78, 5) is 8.97. The SMILES string of the molecule is CCc1nc(OCCO)c2cc(C(C)(C)C)ccc2n1. The maximum Gasteiger partial charge on any atom is 0.224 e. The van der Waals surface area contributed by atoms with Gasteiger partial charge in [0.15, 0.2) is 0 Å². The first kappa shape index (κ1) is 14.7. The third-order valence-corrected chi connectivity index (χ3v) is 3.22. The van der Waals surface area contributed by atoms with Crippen molar-refractivity contribution in [2.24, 2.45) is 0 Å². The number of nitrogens with zero attached hydrogens (tertiary/aromatic N) is 2. The molecule has 0 atom stereocenters. The average molecular weight is 274 g/mol. The Morgan fingerprint density at radius 2 is 1.95 bits per heavy atom. The Balaban J connectivity index is 2.59. The fourth-order valence-electron chi connectivity index (χ4n) is 2.02. The molecule has 0 aliphatic heterocycles. The smallest absolute Gasteiger partial charge is 0.224 e. The maximum atomic E-state index is 8.94. The van der Waals surface area contributed by atoms with Crippen LogP contribution in [0, 0.1) is 0 Å². The standard InChI is InChI=1S/C16H22N2O2/c1-5-14-17-13-7-6-11(16(2,3)4)10-12(13)15(18-14)20-9-8-19/h6-7,10,19H,5,8-9H2,1-4H3. The van der Waals surface area contributed by atoms with Crippen molar-refractivity contribution >= 4 is 10.9 Å². The Kier molecular flexibility index (Phi) is 4.23. The lowest BCUT2D eigenvalue weighted by Gasteiger charge is -2.20. The molecule has 1 N–H and O–H groups in total. The van der Waals surface area contributed by atoms with Crippen molar-refractivity contribution in [1.29, 1.82) is 0 Å². The third kappa shape index (κ3) is 3.07. The number of hydrogen-bond acceptors (Lipinski definition) is 4. The molecule has 2 rings (SSSR count). The topological polar surface area (TPSA) is 55.2 Å². The van der Waals surface area contributed by atoms with Crippen LogP contribution >= 0.6 is 0 Å². The fraction of sp³-hybridized carbons (Fsp3) is 0.500. The molecule has 0 spiro atoms. The van der Waals surface area contributed by atoms with Gasteiger partial charge in [-0.3, -0.25) is 0 Å². The van der Waals surface area contributed by atoms with Crippen LogP contribution in [-0.4, -0.2) is 28.3 Å². The molecule has 0 saturated heterocycles. The number of ether oxygens (including phenoxy) is 1. The van der Waals surface area contributed by atoms with Crippen molar-refractivity contribution in [2.75, 3.05) is 13.2 Å². The van der Waals surface area contributed by atoms with Gasteiger partial charge in [0.05, 0.1) is 17.5 Å². The summed E-state index contributed by atoms with van der Waals surface area (Å²) in [5.74, 6) is 1.32. The summed E-state index contributed by atoms with van der Waals surface area (Å²) < 4.78 is 5.58. The van der Waals surface area contributed by atoms with Crippen LogP contribution in [0.4, 0.5) is 0 Å². The van der Waals surface area contributed by atoms with E-state index in [1.807, 2.05) is 13.0 Å². The van der Waals surface area contributed by atoms with Gasteiger partial charge in [-0.2, -0.15) is 4.98 Å². The van der Waals surface area contributed by atoms with Gasteiger partial charge >= 0.3 is 0 Å². The van der Waals surface area contributed by atoms with Crippen molar-refractivity contribution < 1.29 is 9.84 Å². The monoisotopic (exact) mass is 274 g/mol. The lowest BCUT2D eigenvalue weighted by atomic mass is 9.86. The van der Waals surface area contributed by atoms with E-state index in [1.54, 1.807) is 0 Å². The summed E-state index contributed by atoms with van der Waals surface area (Å²) in [6.45, 7) is 8.75. The molecule has 0 fully saturated rings. The van der Waals surface area contributed by atoms with Crippen molar-refractivity contribution in [3.63, 3.8) is 0 Å². The molecule has 0 radical (unpaired) electrons. The van der Waals surface area contributed by atoms with Crippen LogP contribution in [0.25, 0.3) is 10.9 Å². The molecule has 0 unspecified atom stereocenters. The van der Waals surface area contributed by atoms with Crippen molar-refractivity contribution in [3.8, 4) is 5.88 Å². The summed E-state index contributed by atoms with van der Waals surface area (Å²) in [7, 11) is 0. The summed E-state index contributed by atoms with van der Waals surface area (Å²) in [6, 6.07) is 6.20. The quantitative estimate of drug-likeness (QED) is 0.931. The predicted octanol–water partition coefficient (Wildman–Crippen LogP) is 2.86. The van der Waals surface area contributed by atoms with Gasteiger partial charge in [0.25, 0.3) is 0 Å². The maximum absolute atomic E-state index is 8.94. The van der Waals surface area contributed by atoms with Gasteiger partial charge in [-0.1, -0.05) is 33.8 Å². The Morgan fingerprint density at radius 3 is 2.55 bits per heavy atom. The molecule has 2 aromatic rings. The Bertz CT molecular complexity index is 603. The van der Waals surface area contributed by atoms with Gasteiger partial charge in [0, 0.05) is 6.42 Å². The highest BCUT2D eigenvalue weighted by Gasteiger charge is 2.16. The van der Waals surface area contributed by atoms with E-state index in [4.69, 9.17) is 9.84 Å². The average Bonchev–Trinajstić information content (AvgIpc) is 2.42. The number of benzene rings is 1. The Morgan fingerprint density at radius 1 is 1.20 bits per heavy atom. The van der Waals surface area contributed by atoms with E-state index in [2.05, 4.69) is 42.9 Å². The van der Waals surface area contributed by atoms with Crippen LogP contribution in [0.2, 0.25) is 0 Å². The number of aromatic nitrogens is 2. The zero-order valence-electron chi connectivity index (χ0n) is 12.6. The summed E-state index contributed by atoms with van der Waals surface area (Å²) in [5.41, 5.74) is 2.16. The van der Waals surface area contributed by atoms with Gasteiger partial charge in [-0.25, -0.2) is 4.98 Å². The van der Waals surface area contributed by atoms with Crippen molar-refractivity contribution in [3.05, 3.63) is 29.6 Å². The van der Waals surface area contributed by atoms with Crippen LogP contribution in [0.1, 0.15) is 39.1 Å². The number of fused-ring (bicyclic) bond motifs is 1. The van der Waals surface area contributed by atoms with E-state index in [-0.39, 0.29) is 18.6 Å². The lowest BCUT2D eigenvalue weighted by Crippen LogP contribution is -2.11. The number of aliphatic hydroxyl groups is 1. The zero-order chi connectivity index (χ0) is 14.8. The lowest BCUT2D eigenvalue weighted by molar-refractivity contribution is 0.198. The first-order chi connectivity index (χ1) is 9.45. The van der Waals surface area contributed by atoms with Gasteiger partial charge in [0.1, 0.15) is 12.4 Å². The molecule has 20 heavy (non-hydrogen) atoms. The first-order valence-electron chi connectivity index (χ1n) is 7.00. The van der Waals surface area contributed by atoms with Crippen LogP contribution in [-0.2, 0) is 11.8 Å². The Hall–Kier alpha value is -1.68. The molecular formula is C16H22N2O2. The minimum Gasteiger partial charge on any atom is -0.475 e. The molecular weight excluding hydrogens is 252 g/mol. The summed E-state index contributed by atoms with van der Waals surface area (Å²) in [6.07, 6.45) is 0.756. The van der Waals surface area contributed by atoms with Crippen LogP contribution in [0.5, 0.6) is 5.88 Å². The predicted molar refractivity (Wildman–Crippen MR) is 80.2 cm³/mol. The molecule has 0 aliphatic rings. The minimum absolute atomic E-state index is 0.0219. The van der Waals surface area contributed by atoms with E-state index in [9.17, 15) is 0 Å². The first-order valence-corrected chi connectivity index (χ1v) is 7.00. The van der Waals surface area contributed by atoms with E-state index < -0.39 is 0 Å². The highest BCUT2D eigenvalue weighted by Crippen LogP contribution is 2.29. The van der Waals surface area contributed by atoms with Crippen LogP contribution in [0.15, 0.2) is 18.2 Å². The van der Waals surface area contributed by atoms with E-state index in [0.717, 1.165) is 23.1 Å². The molecule has 0 saturated carbocycles. The number of aryl methyl sites for hydroxylation is 1. The van der Waals surface area contributed by atoms with Crippen LogP contribution in [0.3, 0.4) is 0 Å². The van der Waals surface area contributed by atoms with Gasteiger partial charge < -0.3 is 9.84 Å². The zero-order valence-corrected chi connectivity index (χ0v) is 12.6. The summed E-state index contributed by atoms with van der Waals surface area (Å²) >= 11 is 0. The van der Waals surface area contributed by atoms with Crippen LogP contribution < -0.4 is 4.74 Å². The minimum atomic E-state index is -0.0219. The van der Waals surface area contributed by atoms with E-state index in [0.29, 0.717) is 5.88 Å². The van der Waals surface area contributed by atoms with Gasteiger partial charge in [-0.05, 0) is 23.1 Å². The highest BCUT2D eigenvalue weighted by molar-refractivity contribution is 5.84. The molecule has 0 aliphatic carbocycles. The third-order valence-electron chi connectivity index (χ3n) is 3.22. The molecule has 1 aromatic carbocycles. The second-order valence-electron chi connectivity index (χ2n) is 5.85. The molecule has 1 aromatic heterocycles. The summed E-state index contributed by atoms with van der Waals surface area (Å²) in [5, 5.41) is 9.85. The van der Waals surface area contributed by atoms with E-state index >= 15 is 0 Å². The second-order valence-corrected chi connectivity index (χ2v) is 5.85. The van der Waals surface area contributed by atoms with Gasteiger partial charge in [-0.15, -0.1) is 0 Å². The van der Waals surface area contributed by atoms with Crippen molar-refractivity contribution in [2.45, 2.75) is 39.5 Å². The fourth-order valence-corrected chi connectivity index (χ4v) is 2.02. The number of rotatable bonds is 4. The molecule has 4 heteroatoms. The molecule has 1 heterocycles. The molecule has 0 amide bonds. The molecule has 0 bridgehead atoms. The van der Waals surface area contributed by atoms with Gasteiger partial charge in [0.2, 0.25) is 5.88 Å². The van der Waals surface area contributed by atoms with Crippen molar-refractivity contribution in [1.82, 2.24) is 9.97 Å². The number of aliphatic hydroxyl groups excluding tert-OH is 1. The molecule has 4 nitrogen and oxygen atoms in total.